The highest BCUT2D eigenvalue weighted by molar-refractivity contribution is 5.98. The van der Waals surface area contributed by atoms with E-state index in [1.165, 1.54) is 0 Å². The number of nitrogens with one attached hydrogen (secondary N) is 1. The lowest BCUT2D eigenvalue weighted by Crippen LogP contribution is -2.21. The van der Waals surface area contributed by atoms with Crippen LogP contribution in [0.4, 0.5) is 24.5 Å². The van der Waals surface area contributed by atoms with Crippen molar-refractivity contribution >= 4 is 23.3 Å². The molecule has 0 spiro atoms. The Bertz CT molecular complexity index is 804. The Morgan fingerprint density at radius 1 is 1.16 bits per heavy atom. The van der Waals surface area contributed by atoms with Crippen LogP contribution < -0.4 is 11.1 Å². The smallest absolute Gasteiger partial charge is 0.416 e. The summed E-state index contributed by atoms with van der Waals surface area (Å²) in [6.07, 6.45) is -4.57. The van der Waals surface area contributed by atoms with Gasteiger partial charge in [-0.25, -0.2) is 4.79 Å². The van der Waals surface area contributed by atoms with Crippen LogP contribution >= 0.6 is 0 Å². The zero-order valence-corrected chi connectivity index (χ0v) is 13.2. The van der Waals surface area contributed by atoms with Crippen LogP contribution in [0.15, 0.2) is 42.5 Å². The van der Waals surface area contributed by atoms with Crippen molar-refractivity contribution < 1.29 is 27.5 Å². The second kappa shape index (κ2) is 7.25. The molecular weight excluding hydrogens is 337 g/mol. The van der Waals surface area contributed by atoms with Gasteiger partial charge < -0.3 is 15.8 Å². The molecule has 2 rings (SSSR count). The van der Waals surface area contributed by atoms with E-state index in [9.17, 15) is 22.8 Å². The van der Waals surface area contributed by atoms with Crippen LogP contribution in [0.1, 0.15) is 21.5 Å². The van der Waals surface area contributed by atoms with E-state index < -0.39 is 30.2 Å². The van der Waals surface area contributed by atoms with Crippen LogP contribution in [0.5, 0.6) is 0 Å². The van der Waals surface area contributed by atoms with Crippen LogP contribution in [-0.4, -0.2) is 18.5 Å². The molecule has 0 bridgehead atoms. The van der Waals surface area contributed by atoms with Crippen molar-refractivity contribution in [2.75, 3.05) is 17.7 Å². The number of amides is 1. The number of aryl methyl sites for hydroxylation is 1. The Morgan fingerprint density at radius 3 is 2.48 bits per heavy atom. The van der Waals surface area contributed by atoms with Crippen LogP contribution in [0, 0.1) is 6.92 Å². The Hall–Kier alpha value is -3.03. The molecule has 132 valence electrons. The number of hydrogen-bond acceptors (Lipinski definition) is 4. The molecule has 0 radical (unpaired) electrons. The van der Waals surface area contributed by atoms with Gasteiger partial charge in [0.2, 0.25) is 0 Å². The number of esters is 1. The van der Waals surface area contributed by atoms with Gasteiger partial charge in [-0.2, -0.15) is 13.2 Å². The zero-order chi connectivity index (χ0) is 18.6. The van der Waals surface area contributed by atoms with Crippen molar-refractivity contribution in [3.05, 3.63) is 59.2 Å². The number of halogens is 3. The molecule has 0 heterocycles. The molecule has 2 aromatic rings. The van der Waals surface area contributed by atoms with E-state index in [0.717, 1.165) is 17.7 Å². The summed E-state index contributed by atoms with van der Waals surface area (Å²) in [6, 6.07) is 9.28. The van der Waals surface area contributed by atoms with Crippen molar-refractivity contribution in [2.45, 2.75) is 13.1 Å². The lowest BCUT2D eigenvalue weighted by Gasteiger charge is -2.11. The van der Waals surface area contributed by atoms with Gasteiger partial charge in [-0.15, -0.1) is 0 Å². The molecule has 3 N–H and O–H groups in total. The first-order chi connectivity index (χ1) is 11.7. The molecule has 0 aliphatic rings. The third kappa shape index (κ3) is 4.97. The molecule has 8 heteroatoms. The van der Waals surface area contributed by atoms with Gasteiger partial charge in [-0.05, 0) is 42.8 Å². The second-order valence-corrected chi connectivity index (χ2v) is 5.29. The van der Waals surface area contributed by atoms with Crippen LogP contribution in [0.25, 0.3) is 0 Å². The average molecular weight is 352 g/mol. The minimum absolute atomic E-state index is 0.239. The number of carbonyl (C=O) groups is 2. The number of alkyl halides is 3. The first-order valence-electron chi connectivity index (χ1n) is 7.17. The molecule has 0 atom stereocenters. The molecule has 2 aromatic carbocycles. The largest absolute Gasteiger partial charge is 0.452 e. The molecular formula is C17H15F3N2O3. The molecule has 0 aliphatic carbocycles. The van der Waals surface area contributed by atoms with Gasteiger partial charge in [0.05, 0.1) is 11.1 Å². The lowest BCUT2D eigenvalue weighted by atomic mass is 10.1. The van der Waals surface area contributed by atoms with E-state index in [1.807, 2.05) is 13.0 Å². The first-order valence-corrected chi connectivity index (χ1v) is 7.17. The summed E-state index contributed by atoms with van der Waals surface area (Å²) >= 11 is 0. The normalized spacial score (nSPS) is 11.0. The summed E-state index contributed by atoms with van der Waals surface area (Å²) in [7, 11) is 0. The minimum atomic E-state index is -4.57. The van der Waals surface area contributed by atoms with E-state index in [-0.39, 0.29) is 11.3 Å². The fourth-order valence-corrected chi connectivity index (χ4v) is 2.05. The Balaban J connectivity index is 1.97. The van der Waals surface area contributed by atoms with Crippen molar-refractivity contribution in [3.8, 4) is 0 Å². The fourth-order valence-electron chi connectivity index (χ4n) is 2.05. The summed E-state index contributed by atoms with van der Waals surface area (Å²) in [5.41, 5.74) is 5.35. The average Bonchev–Trinajstić information content (AvgIpc) is 2.51. The van der Waals surface area contributed by atoms with E-state index in [2.05, 4.69) is 5.32 Å². The van der Waals surface area contributed by atoms with Gasteiger partial charge in [-0.3, -0.25) is 4.79 Å². The molecule has 25 heavy (non-hydrogen) atoms. The van der Waals surface area contributed by atoms with Gasteiger partial charge in [0, 0.05) is 11.4 Å². The predicted molar refractivity (Wildman–Crippen MR) is 85.9 cm³/mol. The van der Waals surface area contributed by atoms with E-state index in [0.29, 0.717) is 11.8 Å². The number of nitrogens with two attached hydrogens (primary N) is 1. The van der Waals surface area contributed by atoms with Crippen molar-refractivity contribution in [3.63, 3.8) is 0 Å². The summed E-state index contributed by atoms with van der Waals surface area (Å²) in [5, 5.41) is 2.54. The fraction of sp³-hybridized carbons (Fsp3) is 0.176. The molecule has 0 aliphatic heterocycles. The number of anilines is 2. The minimum Gasteiger partial charge on any atom is -0.452 e. The van der Waals surface area contributed by atoms with Crippen LogP contribution in [0.2, 0.25) is 0 Å². The SMILES string of the molecule is Cc1cccc(NC(=O)COC(=O)c2ccc(C(F)(F)F)cc2N)c1. The molecule has 0 saturated carbocycles. The maximum absolute atomic E-state index is 12.6. The van der Waals surface area contributed by atoms with Crippen molar-refractivity contribution in [1.82, 2.24) is 0 Å². The molecule has 0 saturated heterocycles. The molecule has 0 unspecified atom stereocenters. The monoisotopic (exact) mass is 352 g/mol. The molecule has 1 amide bonds. The van der Waals surface area contributed by atoms with Gasteiger partial charge >= 0.3 is 12.1 Å². The Labute approximate surface area is 141 Å². The summed E-state index contributed by atoms with van der Waals surface area (Å²) in [6.45, 7) is 1.26. The number of carbonyl (C=O) groups excluding carboxylic acids is 2. The van der Waals surface area contributed by atoms with E-state index in [1.54, 1.807) is 18.2 Å². The zero-order valence-electron chi connectivity index (χ0n) is 13.2. The molecule has 0 aromatic heterocycles. The third-order valence-electron chi connectivity index (χ3n) is 3.23. The lowest BCUT2D eigenvalue weighted by molar-refractivity contribution is -0.137. The summed E-state index contributed by atoms with van der Waals surface area (Å²) in [4.78, 5) is 23.6. The van der Waals surface area contributed by atoms with Gasteiger partial charge in [0.25, 0.3) is 5.91 Å². The van der Waals surface area contributed by atoms with Crippen LogP contribution in [-0.2, 0) is 15.7 Å². The highest BCUT2D eigenvalue weighted by Gasteiger charge is 2.31. The number of nitrogen functional groups attached to an aromatic ring is 1. The van der Waals surface area contributed by atoms with E-state index >= 15 is 0 Å². The summed E-state index contributed by atoms with van der Waals surface area (Å²) < 4.78 is 42.5. The topological polar surface area (TPSA) is 81.4 Å². The Kier molecular flexibility index (Phi) is 5.31. The summed E-state index contributed by atoms with van der Waals surface area (Å²) in [5.74, 6) is -1.56. The second-order valence-electron chi connectivity index (χ2n) is 5.29. The highest BCUT2D eigenvalue weighted by atomic mass is 19.4. The first kappa shape index (κ1) is 18.3. The van der Waals surface area contributed by atoms with Gasteiger partial charge in [0.15, 0.2) is 6.61 Å². The Morgan fingerprint density at radius 2 is 1.88 bits per heavy atom. The van der Waals surface area contributed by atoms with Gasteiger partial charge in [0.1, 0.15) is 0 Å². The van der Waals surface area contributed by atoms with Gasteiger partial charge in [-0.1, -0.05) is 12.1 Å². The quantitative estimate of drug-likeness (QED) is 0.653. The van der Waals surface area contributed by atoms with Crippen molar-refractivity contribution in [1.29, 1.82) is 0 Å². The standard InChI is InChI=1S/C17H15F3N2O3/c1-10-3-2-4-12(7-10)22-15(23)9-25-16(24)13-6-5-11(8-14(13)21)17(18,19)20/h2-8H,9,21H2,1H3,(H,22,23). The number of benzene rings is 2. The maximum Gasteiger partial charge on any atom is 0.416 e. The molecule has 5 nitrogen and oxygen atoms in total. The van der Waals surface area contributed by atoms with E-state index in [4.69, 9.17) is 10.5 Å². The van der Waals surface area contributed by atoms with Crippen LogP contribution in [0.3, 0.4) is 0 Å². The highest BCUT2D eigenvalue weighted by Crippen LogP contribution is 2.31. The molecule has 0 fully saturated rings. The maximum atomic E-state index is 12.6. The number of ether oxygens (including phenoxy) is 1. The van der Waals surface area contributed by atoms with Crippen molar-refractivity contribution in [2.24, 2.45) is 0 Å². The number of hydrogen-bond donors (Lipinski definition) is 2. The predicted octanol–water partition coefficient (Wildman–Crippen LogP) is 3.39. The number of rotatable bonds is 4. The third-order valence-corrected chi connectivity index (χ3v) is 3.23.